The molecule has 6 heteroatoms. The van der Waals surface area contributed by atoms with Gasteiger partial charge >= 0.3 is 0 Å². The molecule has 2 heterocycles. The van der Waals surface area contributed by atoms with E-state index in [1.165, 1.54) is 5.56 Å². The Balaban J connectivity index is 1.59. The fourth-order valence-corrected chi connectivity index (χ4v) is 3.41. The van der Waals surface area contributed by atoms with E-state index in [-0.39, 0.29) is 6.04 Å². The zero-order valence-electron chi connectivity index (χ0n) is 15.6. The number of hydrogen-bond acceptors (Lipinski definition) is 6. The van der Waals surface area contributed by atoms with E-state index in [0.29, 0.717) is 24.9 Å². The van der Waals surface area contributed by atoms with Crippen LogP contribution in [0.3, 0.4) is 0 Å². The second-order valence-electron chi connectivity index (χ2n) is 6.63. The average Bonchev–Trinajstić information content (AvgIpc) is 3.15. The van der Waals surface area contributed by atoms with E-state index in [2.05, 4.69) is 45.4 Å². The Morgan fingerprint density at radius 1 is 1.15 bits per heavy atom. The summed E-state index contributed by atoms with van der Waals surface area (Å²) in [5.74, 6) is 2.12. The van der Waals surface area contributed by atoms with E-state index < -0.39 is 0 Å². The summed E-state index contributed by atoms with van der Waals surface area (Å²) in [7, 11) is 1.71. The molecule has 0 saturated carbocycles. The molecule has 1 aromatic heterocycles. The van der Waals surface area contributed by atoms with Gasteiger partial charge in [0, 0.05) is 18.7 Å². The molecule has 1 aliphatic rings. The number of hydrogen-bond donors (Lipinski definition) is 0. The van der Waals surface area contributed by atoms with Crippen molar-refractivity contribution in [3.05, 3.63) is 65.8 Å². The summed E-state index contributed by atoms with van der Waals surface area (Å²) in [6.07, 6.45) is 0. The van der Waals surface area contributed by atoms with Gasteiger partial charge in [-0.15, -0.1) is 0 Å². The van der Waals surface area contributed by atoms with Gasteiger partial charge in [0.25, 0.3) is 0 Å². The highest BCUT2D eigenvalue weighted by Gasteiger charge is 2.29. The van der Waals surface area contributed by atoms with Gasteiger partial charge in [0.15, 0.2) is 5.82 Å². The number of morpholine rings is 1. The van der Waals surface area contributed by atoms with Crippen molar-refractivity contribution in [1.82, 2.24) is 15.0 Å². The Hall–Kier alpha value is -2.70. The number of aromatic nitrogens is 2. The third-order valence-corrected chi connectivity index (χ3v) is 4.84. The van der Waals surface area contributed by atoms with Crippen LogP contribution in [0, 0.1) is 6.92 Å². The summed E-state index contributed by atoms with van der Waals surface area (Å²) < 4.78 is 16.7. The van der Waals surface area contributed by atoms with Crippen LogP contribution in [-0.4, -0.2) is 41.9 Å². The smallest absolute Gasteiger partial charge is 0.246 e. The van der Waals surface area contributed by atoms with Crippen molar-refractivity contribution in [2.24, 2.45) is 0 Å². The Bertz CT molecular complexity index is 895. The molecule has 27 heavy (non-hydrogen) atoms. The maximum atomic E-state index is 5.68. The maximum absolute atomic E-state index is 5.68. The van der Waals surface area contributed by atoms with Crippen molar-refractivity contribution >= 4 is 0 Å². The average molecular weight is 365 g/mol. The molecule has 4 rings (SSSR count). The normalized spacial score (nSPS) is 17.8. The molecule has 0 aliphatic carbocycles. The summed E-state index contributed by atoms with van der Waals surface area (Å²) in [5.41, 5.74) is 3.44. The van der Waals surface area contributed by atoms with Gasteiger partial charge in [-0.25, -0.2) is 0 Å². The Morgan fingerprint density at radius 3 is 2.74 bits per heavy atom. The number of benzene rings is 2. The molecule has 0 N–H and O–H groups in total. The standard InChI is InChI=1S/C21H23N3O3/c1-15-22-21(27-23-15)19-14-26-11-10-24(19)13-18-9-8-17(12-20(18)25-2)16-6-4-3-5-7-16/h3-9,12,19H,10-11,13-14H2,1-2H3. The first-order chi connectivity index (χ1) is 13.2. The van der Waals surface area contributed by atoms with E-state index in [0.717, 1.165) is 30.0 Å². The number of nitrogens with zero attached hydrogens (tertiary/aromatic N) is 3. The van der Waals surface area contributed by atoms with E-state index in [1.807, 2.05) is 25.1 Å². The number of rotatable bonds is 5. The molecular formula is C21H23N3O3. The third-order valence-electron chi connectivity index (χ3n) is 4.84. The predicted octanol–water partition coefficient (Wildman–Crippen LogP) is 3.63. The maximum Gasteiger partial charge on any atom is 0.246 e. The van der Waals surface area contributed by atoms with E-state index >= 15 is 0 Å². The fraction of sp³-hybridized carbons (Fsp3) is 0.333. The molecule has 1 saturated heterocycles. The topological polar surface area (TPSA) is 60.6 Å². The first kappa shape index (κ1) is 17.7. The number of methoxy groups -OCH3 is 1. The molecule has 1 fully saturated rings. The fourth-order valence-electron chi connectivity index (χ4n) is 3.41. The largest absolute Gasteiger partial charge is 0.496 e. The third kappa shape index (κ3) is 3.86. The summed E-state index contributed by atoms with van der Waals surface area (Å²) in [4.78, 5) is 6.69. The molecule has 0 amide bonds. The lowest BCUT2D eigenvalue weighted by Gasteiger charge is -2.33. The van der Waals surface area contributed by atoms with Crippen LogP contribution in [0.4, 0.5) is 0 Å². The summed E-state index contributed by atoms with van der Waals surface area (Å²) in [6, 6.07) is 16.6. The first-order valence-electron chi connectivity index (χ1n) is 9.09. The second kappa shape index (κ2) is 7.90. The minimum atomic E-state index is -0.0431. The first-order valence-corrected chi connectivity index (χ1v) is 9.09. The lowest BCUT2D eigenvalue weighted by molar-refractivity contribution is -0.0243. The van der Waals surface area contributed by atoms with Crippen molar-refractivity contribution in [3.8, 4) is 16.9 Å². The highest BCUT2D eigenvalue weighted by molar-refractivity contribution is 5.66. The molecule has 6 nitrogen and oxygen atoms in total. The van der Waals surface area contributed by atoms with Gasteiger partial charge in [-0.1, -0.05) is 47.6 Å². The van der Waals surface area contributed by atoms with Crippen LogP contribution in [0.5, 0.6) is 5.75 Å². The Morgan fingerprint density at radius 2 is 2.00 bits per heavy atom. The number of ether oxygens (including phenoxy) is 2. The Labute approximate surface area is 158 Å². The van der Waals surface area contributed by atoms with Gasteiger partial charge in [-0.3, -0.25) is 4.90 Å². The van der Waals surface area contributed by atoms with Crippen molar-refractivity contribution < 1.29 is 14.0 Å². The highest BCUT2D eigenvalue weighted by Crippen LogP contribution is 2.31. The monoisotopic (exact) mass is 365 g/mol. The SMILES string of the molecule is COc1cc(-c2ccccc2)ccc1CN1CCOCC1c1nc(C)no1. The molecule has 0 radical (unpaired) electrons. The van der Waals surface area contributed by atoms with Crippen LogP contribution < -0.4 is 4.74 Å². The summed E-state index contributed by atoms with van der Waals surface area (Å²) in [5, 5.41) is 3.92. The minimum absolute atomic E-state index is 0.0431. The van der Waals surface area contributed by atoms with Crippen LogP contribution in [0.2, 0.25) is 0 Å². The summed E-state index contributed by atoms with van der Waals surface area (Å²) in [6.45, 7) is 4.59. The van der Waals surface area contributed by atoms with E-state index in [4.69, 9.17) is 14.0 Å². The van der Waals surface area contributed by atoms with Crippen LogP contribution in [0.25, 0.3) is 11.1 Å². The van der Waals surface area contributed by atoms with Crippen molar-refractivity contribution in [3.63, 3.8) is 0 Å². The van der Waals surface area contributed by atoms with Gasteiger partial charge in [0.2, 0.25) is 5.89 Å². The zero-order chi connectivity index (χ0) is 18.6. The van der Waals surface area contributed by atoms with Crippen molar-refractivity contribution in [2.75, 3.05) is 26.9 Å². The van der Waals surface area contributed by atoms with E-state index in [1.54, 1.807) is 7.11 Å². The van der Waals surface area contributed by atoms with Crippen molar-refractivity contribution in [2.45, 2.75) is 19.5 Å². The zero-order valence-corrected chi connectivity index (χ0v) is 15.6. The van der Waals surface area contributed by atoms with Gasteiger partial charge in [-0.05, 0) is 24.1 Å². The van der Waals surface area contributed by atoms with Crippen molar-refractivity contribution in [1.29, 1.82) is 0 Å². The molecule has 0 spiro atoms. The van der Waals surface area contributed by atoms with Gasteiger partial charge in [0.1, 0.15) is 11.8 Å². The molecule has 1 atom stereocenters. The van der Waals surface area contributed by atoms with Crippen LogP contribution >= 0.6 is 0 Å². The lowest BCUT2D eigenvalue weighted by Crippen LogP contribution is -2.39. The van der Waals surface area contributed by atoms with E-state index in [9.17, 15) is 0 Å². The van der Waals surface area contributed by atoms with Gasteiger partial charge in [-0.2, -0.15) is 4.98 Å². The van der Waals surface area contributed by atoms with Crippen LogP contribution in [0.15, 0.2) is 53.1 Å². The quantitative estimate of drug-likeness (QED) is 0.688. The molecular weight excluding hydrogens is 342 g/mol. The van der Waals surface area contributed by atoms with Crippen LogP contribution in [0.1, 0.15) is 23.3 Å². The van der Waals surface area contributed by atoms with Gasteiger partial charge in [0.05, 0.1) is 20.3 Å². The minimum Gasteiger partial charge on any atom is -0.496 e. The molecule has 2 aromatic carbocycles. The molecule has 1 aliphatic heterocycles. The second-order valence-corrected chi connectivity index (χ2v) is 6.63. The molecule has 1 unspecified atom stereocenters. The summed E-state index contributed by atoms with van der Waals surface area (Å²) >= 11 is 0. The molecule has 3 aromatic rings. The molecule has 0 bridgehead atoms. The van der Waals surface area contributed by atoms with Crippen LogP contribution in [-0.2, 0) is 11.3 Å². The number of aryl methyl sites for hydroxylation is 1. The Kier molecular flexibility index (Phi) is 5.18. The highest BCUT2D eigenvalue weighted by atomic mass is 16.5. The predicted molar refractivity (Wildman–Crippen MR) is 101 cm³/mol. The molecule has 140 valence electrons. The lowest BCUT2D eigenvalue weighted by atomic mass is 10.0. The van der Waals surface area contributed by atoms with Gasteiger partial charge < -0.3 is 14.0 Å².